The van der Waals surface area contributed by atoms with E-state index in [0.717, 1.165) is 13.0 Å². The van der Waals surface area contributed by atoms with E-state index in [9.17, 15) is 9.59 Å². The predicted octanol–water partition coefficient (Wildman–Crippen LogP) is 6.98. The lowest BCUT2D eigenvalue weighted by atomic mass is 10.0. The SMILES string of the molecule is CCCCCCCCCCCCCCCCOCCOCCOCCOCCOCCOCCOCCOCCOCCOCCOCCOCCOCCN1C(=O)c2ccccc2C1=O. The van der Waals surface area contributed by atoms with Gasteiger partial charge in [-0.3, -0.25) is 14.5 Å². The number of amides is 2. The van der Waals surface area contributed by atoms with Crippen LogP contribution in [-0.4, -0.2) is 195 Å². The molecule has 0 fully saturated rings. The molecule has 0 atom stereocenters. The number of ether oxygens (including phenoxy) is 13. The van der Waals surface area contributed by atoms with Gasteiger partial charge in [-0.15, -0.1) is 0 Å². The number of hydrogen-bond donors (Lipinski definition) is 0. The lowest BCUT2D eigenvalue weighted by Crippen LogP contribution is -2.33. The largest absolute Gasteiger partial charge is 0.379 e. The number of unbranched alkanes of at least 4 members (excludes halogenated alkanes) is 13. The summed E-state index contributed by atoms with van der Waals surface area (Å²) in [5.74, 6) is -0.556. The van der Waals surface area contributed by atoms with Gasteiger partial charge in [0.05, 0.1) is 183 Å². The van der Waals surface area contributed by atoms with Gasteiger partial charge in [-0.1, -0.05) is 103 Å². The van der Waals surface area contributed by atoms with Crippen molar-refractivity contribution < 1.29 is 71.2 Å². The summed E-state index contributed by atoms with van der Waals surface area (Å²) in [5, 5.41) is 0. The van der Waals surface area contributed by atoms with Crippen LogP contribution in [0.4, 0.5) is 0 Å². The average molecular weight is 944 g/mol. The Kier molecular flexibility index (Phi) is 43.5. The Hall–Kier alpha value is -2.16. The Morgan fingerprint density at radius 2 is 0.500 bits per heavy atom. The molecule has 0 bridgehead atoms. The standard InChI is InChI=1S/C50H89NO15/c1-2-3-4-5-6-7-8-9-10-11-12-13-14-17-21-54-23-25-56-27-29-58-31-33-60-35-37-62-39-41-64-43-45-66-46-44-65-42-40-63-38-36-61-34-32-59-30-28-57-26-24-55-22-20-51-49(52)47-18-15-16-19-48(47)50(51)53/h15-16,18-19H,2-14,17,20-46H2,1H3. The van der Waals surface area contributed by atoms with E-state index in [1.807, 2.05) is 0 Å². The summed E-state index contributed by atoms with van der Waals surface area (Å²) in [6.45, 7) is 15.5. The smallest absolute Gasteiger partial charge is 0.261 e. The summed E-state index contributed by atoms with van der Waals surface area (Å²) in [7, 11) is 0. The molecule has 1 heterocycles. The third-order valence-electron chi connectivity index (χ3n) is 10.4. The number of imide groups is 1. The summed E-state index contributed by atoms with van der Waals surface area (Å²) in [6, 6.07) is 6.83. The first-order valence-electron chi connectivity index (χ1n) is 25.2. The third-order valence-corrected chi connectivity index (χ3v) is 10.4. The topological polar surface area (TPSA) is 157 Å². The van der Waals surface area contributed by atoms with Crippen molar-refractivity contribution in [3.63, 3.8) is 0 Å². The molecule has 1 aromatic carbocycles. The van der Waals surface area contributed by atoms with Crippen molar-refractivity contribution in [3.05, 3.63) is 35.4 Å². The molecule has 0 unspecified atom stereocenters. The van der Waals surface area contributed by atoms with Crippen molar-refractivity contribution in [1.82, 2.24) is 4.90 Å². The molecular formula is C50H89NO15. The third kappa shape index (κ3) is 35.9. The van der Waals surface area contributed by atoms with Crippen molar-refractivity contribution in [3.8, 4) is 0 Å². The maximum absolute atomic E-state index is 12.3. The second kappa shape index (κ2) is 47.9. The van der Waals surface area contributed by atoms with Crippen LogP contribution in [0, 0.1) is 0 Å². The highest BCUT2D eigenvalue weighted by Crippen LogP contribution is 2.22. The van der Waals surface area contributed by atoms with E-state index in [2.05, 4.69) is 6.92 Å². The molecule has 66 heavy (non-hydrogen) atoms. The zero-order chi connectivity index (χ0) is 46.9. The van der Waals surface area contributed by atoms with Crippen LogP contribution in [0.2, 0.25) is 0 Å². The van der Waals surface area contributed by atoms with Crippen LogP contribution in [0.15, 0.2) is 24.3 Å². The van der Waals surface area contributed by atoms with Gasteiger partial charge in [0.1, 0.15) is 0 Å². The molecule has 1 aliphatic heterocycles. The highest BCUT2D eigenvalue weighted by molar-refractivity contribution is 6.21. The molecule has 384 valence electrons. The molecule has 1 aliphatic rings. The van der Waals surface area contributed by atoms with Crippen LogP contribution >= 0.6 is 0 Å². The van der Waals surface area contributed by atoms with E-state index < -0.39 is 0 Å². The van der Waals surface area contributed by atoms with Crippen molar-refractivity contribution in [2.45, 2.75) is 96.8 Å². The lowest BCUT2D eigenvalue weighted by molar-refractivity contribution is -0.0291. The Labute approximate surface area is 397 Å². The fourth-order valence-corrected chi connectivity index (χ4v) is 6.74. The Balaban J connectivity index is 1.12. The van der Waals surface area contributed by atoms with E-state index in [0.29, 0.717) is 170 Å². The number of benzene rings is 1. The molecule has 1 aromatic rings. The fourth-order valence-electron chi connectivity index (χ4n) is 6.74. The average Bonchev–Trinajstić information content (AvgIpc) is 3.57. The molecule has 0 radical (unpaired) electrons. The quantitative estimate of drug-likeness (QED) is 0.0487. The van der Waals surface area contributed by atoms with Gasteiger partial charge in [-0.05, 0) is 18.6 Å². The Bertz CT molecular complexity index is 1180. The summed E-state index contributed by atoms with van der Waals surface area (Å²) >= 11 is 0. The van der Waals surface area contributed by atoms with Crippen molar-refractivity contribution in [2.75, 3.05) is 178 Å². The van der Waals surface area contributed by atoms with E-state index in [1.54, 1.807) is 24.3 Å². The van der Waals surface area contributed by atoms with Crippen LogP contribution in [-0.2, 0) is 61.6 Å². The van der Waals surface area contributed by atoms with Gasteiger partial charge < -0.3 is 61.6 Å². The zero-order valence-electron chi connectivity index (χ0n) is 40.9. The summed E-state index contributed by atoms with van der Waals surface area (Å²) in [6.07, 6.45) is 19.2. The summed E-state index contributed by atoms with van der Waals surface area (Å²) < 4.78 is 72.0. The van der Waals surface area contributed by atoms with Gasteiger partial charge in [-0.2, -0.15) is 0 Å². The highest BCUT2D eigenvalue weighted by Gasteiger charge is 2.34. The number of carbonyl (C=O) groups excluding carboxylic acids is 2. The van der Waals surface area contributed by atoms with Gasteiger partial charge in [0.25, 0.3) is 11.8 Å². The number of rotatable bonds is 54. The van der Waals surface area contributed by atoms with Gasteiger partial charge in [0, 0.05) is 6.61 Å². The number of nitrogens with zero attached hydrogens (tertiary/aromatic N) is 1. The van der Waals surface area contributed by atoms with E-state index >= 15 is 0 Å². The molecular weight excluding hydrogens is 855 g/mol. The molecule has 0 saturated carbocycles. The van der Waals surface area contributed by atoms with Gasteiger partial charge in [-0.25, -0.2) is 0 Å². The fraction of sp³-hybridized carbons (Fsp3) is 0.840. The normalized spacial score (nSPS) is 12.6. The second-order valence-corrected chi connectivity index (χ2v) is 15.9. The molecule has 0 saturated heterocycles. The van der Waals surface area contributed by atoms with Gasteiger partial charge in [0.15, 0.2) is 0 Å². The summed E-state index contributed by atoms with van der Waals surface area (Å²) in [5.41, 5.74) is 0.884. The van der Waals surface area contributed by atoms with Crippen LogP contribution in [0.1, 0.15) is 118 Å². The highest BCUT2D eigenvalue weighted by atomic mass is 16.6. The second-order valence-electron chi connectivity index (χ2n) is 15.9. The number of hydrogen-bond acceptors (Lipinski definition) is 15. The minimum atomic E-state index is -0.278. The van der Waals surface area contributed by atoms with E-state index in [-0.39, 0.29) is 25.0 Å². The minimum Gasteiger partial charge on any atom is -0.379 e. The van der Waals surface area contributed by atoms with Gasteiger partial charge >= 0.3 is 0 Å². The molecule has 0 aliphatic carbocycles. The first kappa shape index (κ1) is 60.0. The minimum absolute atomic E-state index is 0.213. The zero-order valence-corrected chi connectivity index (χ0v) is 40.9. The number of carbonyl (C=O) groups is 2. The van der Waals surface area contributed by atoms with Crippen LogP contribution in [0.5, 0.6) is 0 Å². The molecule has 2 amide bonds. The van der Waals surface area contributed by atoms with Crippen molar-refractivity contribution >= 4 is 11.8 Å². The van der Waals surface area contributed by atoms with Crippen LogP contribution in [0.25, 0.3) is 0 Å². The molecule has 2 rings (SSSR count). The van der Waals surface area contributed by atoms with E-state index in [1.165, 1.54) is 88.4 Å². The molecule has 16 heteroatoms. The van der Waals surface area contributed by atoms with Crippen molar-refractivity contribution in [2.24, 2.45) is 0 Å². The Morgan fingerprint density at radius 1 is 0.288 bits per heavy atom. The number of fused-ring (bicyclic) bond motifs is 1. The Morgan fingerprint density at radius 3 is 0.758 bits per heavy atom. The maximum atomic E-state index is 12.3. The lowest BCUT2D eigenvalue weighted by Gasteiger charge is -2.13. The molecule has 0 aromatic heterocycles. The first-order valence-corrected chi connectivity index (χ1v) is 25.2. The van der Waals surface area contributed by atoms with Crippen LogP contribution in [0.3, 0.4) is 0 Å². The molecule has 16 nitrogen and oxygen atoms in total. The predicted molar refractivity (Wildman–Crippen MR) is 253 cm³/mol. The van der Waals surface area contributed by atoms with E-state index in [4.69, 9.17) is 61.6 Å². The monoisotopic (exact) mass is 944 g/mol. The first-order chi connectivity index (χ1) is 32.8. The van der Waals surface area contributed by atoms with Crippen molar-refractivity contribution in [1.29, 1.82) is 0 Å². The van der Waals surface area contributed by atoms with Gasteiger partial charge in [0.2, 0.25) is 0 Å². The maximum Gasteiger partial charge on any atom is 0.261 e. The summed E-state index contributed by atoms with van der Waals surface area (Å²) in [4.78, 5) is 25.9. The molecule has 0 spiro atoms. The molecule has 0 N–H and O–H groups in total. The van der Waals surface area contributed by atoms with Crippen LogP contribution < -0.4 is 0 Å².